The van der Waals surface area contributed by atoms with Crippen molar-refractivity contribution in [2.75, 3.05) is 6.61 Å². The molecular formula is C13H21F3OS. The van der Waals surface area contributed by atoms with E-state index in [-0.39, 0.29) is 6.61 Å². The van der Waals surface area contributed by atoms with Crippen LogP contribution >= 0.6 is 12.2 Å². The van der Waals surface area contributed by atoms with Crippen LogP contribution in [0.4, 0.5) is 13.2 Å². The minimum Gasteiger partial charge on any atom is -0.480 e. The van der Waals surface area contributed by atoms with Gasteiger partial charge in [0.15, 0.2) is 0 Å². The van der Waals surface area contributed by atoms with E-state index in [2.05, 4.69) is 23.5 Å². The van der Waals surface area contributed by atoms with Crippen molar-refractivity contribution in [3.8, 4) is 0 Å². The minimum atomic E-state index is -4.50. The van der Waals surface area contributed by atoms with E-state index >= 15 is 0 Å². The Bertz CT molecular complexity index is 239. The molecule has 0 rings (SSSR count). The summed E-state index contributed by atoms with van der Waals surface area (Å²) in [7, 11) is 0. The zero-order chi connectivity index (χ0) is 13.9. The fourth-order valence-corrected chi connectivity index (χ4v) is 1.60. The second-order valence-corrected chi connectivity index (χ2v) is 4.56. The normalized spacial score (nSPS) is 11.3. The van der Waals surface area contributed by atoms with Gasteiger partial charge in [0.1, 0.15) is 0 Å². The predicted molar refractivity (Wildman–Crippen MR) is 71.7 cm³/mol. The lowest BCUT2D eigenvalue weighted by atomic mass is 10.1. The zero-order valence-corrected chi connectivity index (χ0v) is 11.4. The molecule has 0 aromatic heterocycles. The zero-order valence-electron chi connectivity index (χ0n) is 10.6. The van der Waals surface area contributed by atoms with E-state index in [0.717, 1.165) is 25.7 Å². The van der Waals surface area contributed by atoms with Gasteiger partial charge in [-0.1, -0.05) is 38.2 Å². The fourth-order valence-electron chi connectivity index (χ4n) is 1.52. The van der Waals surface area contributed by atoms with Crippen LogP contribution in [0.3, 0.4) is 0 Å². The number of hydrogen-bond donors (Lipinski definition) is 0. The number of thiocarbonyl (C=S) groups is 1. The van der Waals surface area contributed by atoms with Crippen LogP contribution in [0.15, 0.2) is 12.7 Å². The molecule has 5 heteroatoms. The van der Waals surface area contributed by atoms with Crippen LogP contribution in [-0.2, 0) is 4.74 Å². The van der Waals surface area contributed by atoms with Crippen molar-refractivity contribution in [2.45, 2.75) is 57.5 Å². The second-order valence-electron chi connectivity index (χ2n) is 4.19. The monoisotopic (exact) mass is 282 g/mol. The third-order valence-electron chi connectivity index (χ3n) is 2.52. The molecule has 0 N–H and O–H groups in total. The van der Waals surface area contributed by atoms with Gasteiger partial charge >= 0.3 is 6.18 Å². The molecule has 106 valence electrons. The smallest absolute Gasteiger partial charge is 0.460 e. The molecule has 0 amide bonds. The number of allylic oxidation sites excluding steroid dienone is 1. The first-order valence-corrected chi connectivity index (χ1v) is 6.74. The van der Waals surface area contributed by atoms with E-state index < -0.39 is 11.2 Å². The molecule has 0 spiro atoms. The highest BCUT2D eigenvalue weighted by Gasteiger charge is 2.36. The molecule has 0 fully saturated rings. The molecule has 0 unspecified atom stereocenters. The summed E-state index contributed by atoms with van der Waals surface area (Å²) in [5, 5.41) is -1.26. The highest BCUT2D eigenvalue weighted by atomic mass is 32.1. The van der Waals surface area contributed by atoms with Gasteiger partial charge in [-0.2, -0.15) is 13.2 Å². The summed E-state index contributed by atoms with van der Waals surface area (Å²) >= 11 is 4.10. The van der Waals surface area contributed by atoms with Crippen LogP contribution in [-0.4, -0.2) is 17.8 Å². The third kappa shape index (κ3) is 10.6. The summed E-state index contributed by atoms with van der Waals surface area (Å²) < 4.78 is 40.3. The maximum atomic E-state index is 12.0. The molecule has 0 saturated carbocycles. The lowest BCUT2D eigenvalue weighted by molar-refractivity contribution is -0.0746. The summed E-state index contributed by atoms with van der Waals surface area (Å²) in [6, 6.07) is 0. The Balaban J connectivity index is 3.21. The number of alkyl halides is 3. The average Bonchev–Trinajstić information content (AvgIpc) is 2.30. The van der Waals surface area contributed by atoms with Crippen molar-refractivity contribution < 1.29 is 17.9 Å². The van der Waals surface area contributed by atoms with E-state index in [0.29, 0.717) is 6.42 Å². The van der Waals surface area contributed by atoms with Gasteiger partial charge in [0.05, 0.1) is 6.61 Å². The summed E-state index contributed by atoms with van der Waals surface area (Å²) in [5.74, 6) is 0. The molecule has 0 aliphatic rings. The second kappa shape index (κ2) is 10.4. The van der Waals surface area contributed by atoms with E-state index in [1.165, 1.54) is 19.3 Å². The van der Waals surface area contributed by atoms with E-state index in [4.69, 9.17) is 0 Å². The van der Waals surface area contributed by atoms with Crippen LogP contribution in [0.5, 0.6) is 0 Å². The van der Waals surface area contributed by atoms with Crippen molar-refractivity contribution in [3.05, 3.63) is 12.7 Å². The number of unbranched alkanes of at least 4 members (excludes halogenated alkanes) is 7. The highest BCUT2D eigenvalue weighted by Crippen LogP contribution is 2.18. The Morgan fingerprint density at radius 3 is 2.00 bits per heavy atom. The van der Waals surface area contributed by atoms with Crippen LogP contribution in [0.25, 0.3) is 0 Å². The SMILES string of the molecule is C=CCCCCCCCCCOC(=S)C(F)(F)F. The molecular weight excluding hydrogens is 261 g/mol. The Kier molecular flexibility index (Phi) is 10.0. The molecule has 0 aromatic carbocycles. The van der Waals surface area contributed by atoms with Crippen molar-refractivity contribution >= 4 is 17.3 Å². The van der Waals surface area contributed by atoms with Gasteiger partial charge in [-0.05, 0) is 31.5 Å². The maximum Gasteiger partial charge on any atom is 0.460 e. The van der Waals surface area contributed by atoms with Gasteiger partial charge in [-0.15, -0.1) is 6.58 Å². The third-order valence-corrected chi connectivity index (χ3v) is 2.87. The first kappa shape index (κ1) is 17.4. The van der Waals surface area contributed by atoms with Crippen LogP contribution in [0.1, 0.15) is 51.4 Å². The summed E-state index contributed by atoms with van der Waals surface area (Å²) in [6.07, 6.45) is 5.70. The number of rotatable bonds is 10. The fraction of sp³-hybridized carbons (Fsp3) is 0.769. The standard InChI is InChI=1S/C13H21F3OS/c1-2-3-4-5-6-7-8-9-10-11-17-12(18)13(14,15)16/h2H,1,3-11H2. The summed E-state index contributed by atoms with van der Waals surface area (Å²) in [4.78, 5) is 0. The predicted octanol–water partition coefficient (Wildman–Crippen LogP) is 5.20. The first-order valence-electron chi connectivity index (χ1n) is 6.33. The van der Waals surface area contributed by atoms with Gasteiger partial charge in [0.2, 0.25) is 0 Å². The molecule has 0 radical (unpaired) electrons. The first-order chi connectivity index (χ1) is 8.48. The average molecular weight is 282 g/mol. The molecule has 0 heterocycles. The summed E-state index contributed by atoms with van der Waals surface area (Å²) in [6.45, 7) is 3.72. The molecule has 0 aliphatic carbocycles. The van der Waals surface area contributed by atoms with Gasteiger partial charge in [-0.3, -0.25) is 0 Å². The Morgan fingerprint density at radius 1 is 1.00 bits per heavy atom. The van der Waals surface area contributed by atoms with Crippen molar-refractivity contribution in [3.63, 3.8) is 0 Å². The van der Waals surface area contributed by atoms with Gasteiger partial charge in [0, 0.05) is 0 Å². The highest BCUT2D eigenvalue weighted by molar-refractivity contribution is 7.80. The van der Waals surface area contributed by atoms with Crippen molar-refractivity contribution in [2.24, 2.45) is 0 Å². The van der Waals surface area contributed by atoms with Crippen molar-refractivity contribution in [1.29, 1.82) is 0 Å². The molecule has 0 aliphatic heterocycles. The largest absolute Gasteiger partial charge is 0.480 e. The molecule has 0 aromatic rings. The van der Waals surface area contributed by atoms with E-state index in [9.17, 15) is 13.2 Å². The molecule has 0 bridgehead atoms. The number of hydrogen-bond acceptors (Lipinski definition) is 2. The van der Waals surface area contributed by atoms with Gasteiger partial charge in [-0.25, -0.2) is 0 Å². The van der Waals surface area contributed by atoms with E-state index in [1.54, 1.807) is 0 Å². The number of ether oxygens (including phenoxy) is 1. The van der Waals surface area contributed by atoms with Crippen LogP contribution in [0.2, 0.25) is 0 Å². The molecule has 1 nitrogen and oxygen atoms in total. The van der Waals surface area contributed by atoms with Crippen molar-refractivity contribution in [1.82, 2.24) is 0 Å². The maximum absolute atomic E-state index is 12.0. The van der Waals surface area contributed by atoms with Crippen LogP contribution < -0.4 is 0 Å². The quantitative estimate of drug-likeness (QED) is 0.309. The Labute approximate surface area is 112 Å². The molecule has 0 atom stereocenters. The van der Waals surface area contributed by atoms with Gasteiger partial charge < -0.3 is 4.74 Å². The summed E-state index contributed by atoms with van der Waals surface area (Å²) in [5.41, 5.74) is 0. The Hall–Kier alpha value is -0.580. The van der Waals surface area contributed by atoms with Crippen LogP contribution in [0, 0.1) is 0 Å². The number of halogens is 3. The Morgan fingerprint density at radius 2 is 1.50 bits per heavy atom. The molecule has 18 heavy (non-hydrogen) atoms. The topological polar surface area (TPSA) is 9.23 Å². The lowest BCUT2D eigenvalue weighted by Crippen LogP contribution is -2.23. The van der Waals surface area contributed by atoms with Gasteiger partial charge in [0.25, 0.3) is 5.05 Å². The lowest BCUT2D eigenvalue weighted by Gasteiger charge is -2.09. The van der Waals surface area contributed by atoms with E-state index in [1.807, 2.05) is 6.08 Å². The minimum absolute atomic E-state index is 0.0643. The molecule has 0 saturated heterocycles.